The fourth-order valence-corrected chi connectivity index (χ4v) is 1.52. The summed E-state index contributed by atoms with van der Waals surface area (Å²) in [5.74, 6) is -0.258. The number of unbranched alkanes of at least 4 members (excludes halogenated alkanes) is 4. The van der Waals surface area contributed by atoms with Crippen LogP contribution < -0.4 is 0 Å². The molecule has 0 rings (SSSR count). The van der Waals surface area contributed by atoms with Gasteiger partial charge >= 0.3 is 0 Å². The average molecular weight is 260 g/mol. The highest BCUT2D eigenvalue weighted by atomic mass is 16.5. The van der Waals surface area contributed by atoms with E-state index in [1.165, 1.54) is 0 Å². The molecule has 0 aromatic heterocycles. The van der Waals surface area contributed by atoms with Crippen LogP contribution >= 0.6 is 0 Å². The molecule has 2 atom stereocenters. The van der Waals surface area contributed by atoms with Crippen LogP contribution in [0.15, 0.2) is 0 Å². The number of hydrogen-bond donors (Lipinski definition) is 2. The van der Waals surface area contributed by atoms with Gasteiger partial charge in [-0.15, -0.1) is 0 Å². The molecule has 0 saturated heterocycles. The van der Waals surface area contributed by atoms with E-state index in [1.54, 1.807) is 0 Å². The van der Waals surface area contributed by atoms with Crippen LogP contribution in [0, 0.1) is 0 Å². The van der Waals surface area contributed by atoms with E-state index in [1.807, 2.05) is 0 Å². The summed E-state index contributed by atoms with van der Waals surface area (Å²) in [5.41, 5.74) is 0. The molecule has 0 heterocycles. The molecular formula is C13H24O5. The van der Waals surface area contributed by atoms with E-state index in [0.717, 1.165) is 32.1 Å². The number of Topliss-reactive ketones (excluding diaryl/α,β-unsaturated/α-hetero) is 1. The van der Waals surface area contributed by atoms with Gasteiger partial charge in [-0.25, -0.2) is 0 Å². The lowest BCUT2D eigenvalue weighted by atomic mass is 10.1. The molecule has 5 nitrogen and oxygen atoms in total. The number of ketones is 1. The fraction of sp³-hybridized carbons (Fsp3) is 0.846. The van der Waals surface area contributed by atoms with Crippen LogP contribution in [0.5, 0.6) is 0 Å². The van der Waals surface area contributed by atoms with Crippen LogP contribution in [-0.2, 0) is 14.3 Å². The highest BCUT2D eigenvalue weighted by molar-refractivity contribution is 5.96. The second-order valence-corrected chi connectivity index (χ2v) is 4.36. The first-order valence-electron chi connectivity index (χ1n) is 6.54. The van der Waals surface area contributed by atoms with Crippen molar-refractivity contribution >= 4 is 12.1 Å². The Hall–Kier alpha value is -0.780. The van der Waals surface area contributed by atoms with Gasteiger partial charge in [0.2, 0.25) is 0 Å². The lowest BCUT2D eigenvalue weighted by molar-refractivity contribution is -0.139. The first-order valence-corrected chi connectivity index (χ1v) is 6.54. The Kier molecular flexibility index (Phi) is 10.8. The summed E-state index contributed by atoms with van der Waals surface area (Å²) in [7, 11) is 0. The van der Waals surface area contributed by atoms with Gasteiger partial charge in [-0.1, -0.05) is 32.6 Å². The average Bonchev–Trinajstić information content (AvgIpc) is 2.38. The van der Waals surface area contributed by atoms with E-state index in [-0.39, 0.29) is 12.4 Å². The zero-order valence-corrected chi connectivity index (χ0v) is 11.0. The minimum atomic E-state index is -1.11. The highest BCUT2D eigenvalue weighted by Crippen LogP contribution is 2.07. The SMILES string of the molecule is CCCCCCCC(=O)C(C=O)OCC(O)CO. The van der Waals surface area contributed by atoms with Crippen LogP contribution in [-0.4, -0.2) is 47.7 Å². The zero-order chi connectivity index (χ0) is 13.8. The molecule has 0 amide bonds. The maximum absolute atomic E-state index is 11.6. The highest BCUT2D eigenvalue weighted by Gasteiger charge is 2.18. The molecule has 2 unspecified atom stereocenters. The van der Waals surface area contributed by atoms with Gasteiger partial charge < -0.3 is 14.9 Å². The Morgan fingerprint density at radius 3 is 2.50 bits per heavy atom. The van der Waals surface area contributed by atoms with Gasteiger partial charge in [-0.3, -0.25) is 9.59 Å². The summed E-state index contributed by atoms with van der Waals surface area (Å²) in [6, 6.07) is 0. The topological polar surface area (TPSA) is 83.8 Å². The van der Waals surface area contributed by atoms with Crippen molar-refractivity contribution in [2.45, 2.75) is 57.7 Å². The van der Waals surface area contributed by atoms with Crippen molar-refractivity contribution < 1.29 is 24.5 Å². The standard InChI is InChI=1S/C13H24O5/c1-2-3-4-5-6-7-12(17)13(9-15)18-10-11(16)8-14/h9,11,13-14,16H,2-8,10H2,1H3. The van der Waals surface area contributed by atoms with Crippen molar-refractivity contribution in [1.29, 1.82) is 0 Å². The molecule has 0 aliphatic rings. The van der Waals surface area contributed by atoms with Crippen LogP contribution in [0.4, 0.5) is 0 Å². The monoisotopic (exact) mass is 260 g/mol. The Bertz CT molecular complexity index is 229. The maximum atomic E-state index is 11.6. The molecule has 5 heteroatoms. The summed E-state index contributed by atoms with van der Waals surface area (Å²) in [6.45, 7) is 1.46. The van der Waals surface area contributed by atoms with Gasteiger partial charge in [0.05, 0.1) is 13.2 Å². The second-order valence-electron chi connectivity index (χ2n) is 4.36. The van der Waals surface area contributed by atoms with Gasteiger partial charge in [0.25, 0.3) is 0 Å². The Morgan fingerprint density at radius 2 is 1.94 bits per heavy atom. The molecule has 0 bridgehead atoms. The molecule has 0 aromatic rings. The minimum absolute atomic E-state index is 0.207. The lowest BCUT2D eigenvalue weighted by Gasteiger charge is -2.13. The molecule has 0 spiro atoms. The predicted molar refractivity (Wildman–Crippen MR) is 67.3 cm³/mol. The summed E-state index contributed by atoms with van der Waals surface area (Å²) >= 11 is 0. The molecule has 0 radical (unpaired) electrons. The van der Waals surface area contributed by atoms with Crippen LogP contribution in [0.3, 0.4) is 0 Å². The van der Waals surface area contributed by atoms with Crippen LogP contribution in [0.2, 0.25) is 0 Å². The third-order valence-corrected chi connectivity index (χ3v) is 2.65. The number of carbonyl (C=O) groups is 2. The lowest BCUT2D eigenvalue weighted by Crippen LogP contribution is -2.30. The van der Waals surface area contributed by atoms with Gasteiger partial charge in [0.1, 0.15) is 6.10 Å². The van der Waals surface area contributed by atoms with Crippen molar-refractivity contribution in [3.63, 3.8) is 0 Å². The van der Waals surface area contributed by atoms with E-state index < -0.39 is 18.8 Å². The van der Waals surface area contributed by atoms with E-state index >= 15 is 0 Å². The summed E-state index contributed by atoms with van der Waals surface area (Å²) < 4.78 is 4.96. The number of aldehydes is 1. The van der Waals surface area contributed by atoms with Gasteiger partial charge in [0.15, 0.2) is 18.2 Å². The first-order chi connectivity index (χ1) is 8.65. The molecular weight excluding hydrogens is 236 g/mol. The molecule has 0 aliphatic heterocycles. The minimum Gasteiger partial charge on any atom is -0.394 e. The molecule has 0 aromatic carbocycles. The van der Waals surface area contributed by atoms with Gasteiger partial charge in [0, 0.05) is 6.42 Å². The van der Waals surface area contributed by atoms with Gasteiger partial charge in [-0.2, -0.15) is 0 Å². The molecule has 0 aliphatic carbocycles. The number of hydrogen-bond acceptors (Lipinski definition) is 5. The fourth-order valence-electron chi connectivity index (χ4n) is 1.52. The largest absolute Gasteiger partial charge is 0.394 e. The molecule has 18 heavy (non-hydrogen) atoms. The van der Waals surface area contributed by atoms with Crippen molar-refractivity contribution in [1.82, 2.24) is 0 Å². The second kappa shape index (κ2) is 11.3. The Morgan fingerprint density at radius 1 is 1.28 bits per heavy atom. The molecule has 2 N–H and O–H groups in total. The Balaban J connectivity index is 3.78. The number of carbonyl (C=O) groups excluding carboxylic acids is 2. The summed E-state index contributed by atoms with van der Waals surface area (Å²) in [4.78, 5) is 22.3. The molecule has 0 saturated carbocycles. The third kappa shape index (κ3) is 8.33. The maximum Gasteiger partial charge on any atom is 0.171 e. The molecule has 0 fully saturated rings. The number of aliphatic hydroxyl groups excluding tert-OH is 2. The molecule has 106 valence electrons. The number of aliphatic hydroxyl groups is 2. The normalized spacial score (nSPS) is 14.2. The number of ether oxygens (including phenoxy) is 1. The van der Waals surface area contributed by atoms with E-state index in [4.69, 9.17) is 14.9 Å². The van der Waals surface area contributed by atoms with E-state index in [2.05, 4.69) is 6.92 Å². The third-order valence-electron chi connectivity index (χ3n) is 2.65. The smallest absolute Gasteiger partial charge is 0.171 e. The van der Waals surface area contributed by atoms with Crippen molar-refractivity contribution in [3.05, 3.63) is 0 Å². The Labute approximate surface area is 108 Å². The predicted octanol–water partition coefficient (Wildman–Crippen LogP) is 0.853. The van der Waals surface area contributed by atoms with E-state index in [9.17, 15) is 9.59 Å². The summed E-state index contributed by atoms with van der Waals surface area (Å²) in [5, 5.41) is 17.6. The summed E-state index contributed by atoms with van der Waals surface area (Å²) in [6.07, 6.45) is 3.74. The number of rotatable bonds is 12. The first kappa shape index (κ1) is 17.2. The van der Waals surface area contributed by atoms with Crippen molar-refractivity contribution in [3.8, 4) is 0 Å². The van der Waals surface area contributed by atoms with E-state index in [0.29, 0.717) is 12.7 Å². The quantitative estimate of drug-likeness (QED) is 0.309. The van der Waals surface area contributed by atoms with Crippen molar-refractivity contribution in [2.24, 2.45) is 0 Å². The van der Waals surface area contributed by atoms with Gasteiger partial charge in [-0.05, 0) is 6.42 Å². The van der Waals surface area contributed by atoms with Crippen molar-refractivity contribution in [2.75, 3.05) is 13.2 Å². The zero-order valence-electron chi connectivity index (χ0n) is 11.0. The van der Waals surface area contributed by atoms with Crippen LogP contribution in [0.1, 0.15) is 45.4 Å². The van der Waals surface area contributed by atoms with Crippen LogP contribution in [0.25, 0.3) is 0 Å².